The molecular formula is C12H18ClN3O. The molecule has 4 nitrogen and oxygen atoms in total. The predicted molar refractivity (Wildman–Crippen MR) is 69.5 cm³/mol. The Morgan fingerprint density at radius 2 is 2.29 bits per heavy atom. The molecule has 94 valence electrons. The topological polar surface area (TPSA) is 57.8 Å². The maximum absolute atomic E-state index is 11.3. The molecule has 1 aromatic rings. The maximum Gasteiger partial charge on any atom is 0.271 e. The van der Waals surface area contributed by atoms with Crippen molar-refractivity contribution < 1.29 is 0 Å². The smallest absolute Gasteiger partial charge is 0.271 e. The van der Waals surface area contributed by atoms with E-state index < -0.39 is 0 Å². The van der Waals surface area contributed by atoms with Gasteiger partial charge in [-0.3, -0.25) is 4.79 Å². The molecular weight excluding hydrogens is 238 g/mol. The van der Waals surface area contributed by atoms with Crippen molar-refractivity contribution in [3.8, 4) is 0 Å². The minimum absolute atomic E-state index is 0.149. The molecule has 17 heavy (non-hydrogen) atoms. The number of anilines is 1. The largest absolute Gasteiger partial charge is 0.368 e. The molecule has 0 aliphatic heterocycles. The molecule has 1 aliphatic rings. The van der Waals surface area contributed by atoms with Crippen molar-refractivity contribution >= 4 is 17.4 Å². The first-order valence-corrected chi connectivity index (χ1v) is 6.53. The normalized spacial score (nSPS) is 24.6. The average Bonchev–Trinajstić information content (AvgIpc) is 2.33. The molecule has 2 rings (SSSR count). The summed E-state index contributed by atoms with van der Waals surface area (Å²) < 4.78 is 0. The number of hydrogen-bond donors (Lipinski definition) is 2. The van der Waals surface area contributed by atoms with Gasteiger partial charge in [-0.15, -0.1) is 0 Å². The third-order valence-corrected chi connectivity index (χ3v) is 3.97. The van der Waals surface area contributed by atoms with Crippen molar-refractivity contribution in [2.75, 3.05) is 11.9 Å². The second-order valence-corrected chi connectivity index (χ2v) is 5.17. The van der Waals surface area contributed by atoms with Crippen LogP contribution in [0.3, 0.4) is 0 Å². The molecule has 0 saturated heterocycles. The van der Waals surface area contributed by atoms with Gasteiger partial charge in [0, 0.05) is 6.54 Å². The zero-order valence-corrected chi connectivity index (χ0v) is 10.8. The van der Waals surface area contributed by atoms with Gasteiger partial charge in [0.15, 0.2) is 5.82 Å². The predicted octanol–water partition coefficient (Wildman–Crippen LogP) is 2.66. The molecule has 1 saturated carbocycles. The van der Waals surface area contributed by atoms with E-state index in [1.807, 2.05) is 0 Å². The number of rotatable bonds is 3. The summed E-state index contributed by atoms with van der Waals surface area (Å²) in [5, 5.41) is 3.34. The minimum atomic E-state index is -0.291. The van der Waals surface area contributed by atoms with E-state index in [2.05, 4.69) is 22.2 Å². The molecule has 2 unspecified atom stereocenters. The van der Waals surface area contributed by atoms with Crippen LogP contribution in [0.1, 0.15) is 32.6 Å². The summed E-state index contributed by atoms with van der Waals surface area (Å²) in [6, 6.07) is 0. The number of hydrogen-bond acceptors (Lipinski definition) is 3. The van der Waals surface area contributed by atoms with Crippen molar-refractivity contribution in [3.63, 3.8) is 0 Å². The van der Waals surface area contributed by atoms with Crippen LogP contribution in [0.25, 0.3) is 0 Å². The van der Waals surface area contributed by atoms with Gasteiger partial charge in [-0.1, -0.05) is 37.8 Å². The lowest BCUT2D eigenvalue weighted by molar-refractivity contribution is 0.268. The third kappa shape index (κ3) is 3.00. The highest BCUT2D eigenvalue weighted by Crippen LogP contribution is 2.29. The Morgan fingerprint density at radius 3 is 3.06 bits per heavy atom. The van der Waals surface area contributed by atoms with Crippen molar-refractivity contribution in [2.45, 2.75) is 32.6 Å². The van der Waals surface area contributed by atoms with Crippen LogP contribution in [0.15, 0.2) is 11.1 Å². The van der Waals surface area contributed by atoms with Gasteiger partial charge >= 0.3 is 0 Å². The maximum atomic E-state index is 11.3. The fraction of sp³-hybridized carbons (Fsp3) is 0.667. The molecule has 0 amide bonds. The van der Waals surface area contributed by atoms with E-state index in [4.69, 9.17) is 11.6 Å². The second-order valence-electron chi connectivity index (χ2n) is 4.80. The fourth-order valence-corrected chi connectivity index (χ4v) is 2.60. The Balaban J connectivity index is 1.97. The summed E-state index contributed by atoms with van der Waals surface area (Å²) >= 11 is 5.88. The zero-order chi connectivity index (χ0) is 12.3. The first kappa shape index (κ1) is 12.4. The van der Waals surface area contributed by atoms with Gasteiger partial charge in [-0.2, -0.15) is 0 Å². The van der Waals surface area contributed by atoms with Gasteiger partial charge in [0.2, 0.25) is 0 Å². The summed E-state index contributed by atoms with van der Waals surface area (Å²) in [4.78, 5) is 17.8. The lowest BCUT2D eigenvalue weighted by atomic mass is 9.80. The van der Waals surface area contributed by atoms with Crippen molar-refractivity contribution in [1.82, 2.24) is 9.97 Å². The lowest BCUT2D eigenvalue weighted by Crippen LogP contribution is -2.25. The number of aromatic amines is 1. The van der Waals surface area contributed by atoms with Gasteiger partial charge in [0.1, 0.15) is 5.02 Å². The molecule has 2 atom stereocenters. The van der Waals surface area contributed by atoms with Gasteiger partial charge < -0.3 is 10.3 Å². The van der Waals surface area contributed by atoms with Gasteiger partial charge in [0.25, 0.3) is 5.56 Å². The molecule has 5 heteroatoms. The molecule has 0 spiro atoms. The standard InChI is InChI=1S/C12H18ClN3O/c1-8-4-2-3-5-9(8)6-14-11-10(13)12(17)16-7-15-11/h7-9H,2-6H2,1H3,(H2,14,15,16,17). The average molecular weight is 256 g/mol. The monoisotopic (exact) mass is 255 g/mol. The highest BCUT2D eigenvalue weighted by molar-refractivity contribution is 6.32. The number of nitrogens with zero attached hydrogens (tertiary/aromatic N) is 1. The zero-order valence-electron chi connectivity index (χ0n) is 10.0. The Morgan fingerprint density at radius 1 is 1.53 bits per heavy atom. The SMILES string of the molecule is CC1CCCCC1CNc1nc[nH]c(=O)c1Cl. The van der Waals surface area contributed by atoms with Crippen LogP contribution in [0.5, 0.6) is 0 Å². The van der Waals surface area contributed by atoms with Gasteiger partial charge in [-0.25, -0.2) is 4.98 Å². The number of halogens is 1. The molecule has 1 heterocycles. The van der Waals surface area contributed by atoms with Crippen molar-refractivity contribution in [3.05, 3.63) is 21.7 Å². The van der Waals surface area contributed by atoms with E-state index in [9.17, 15) is 4.79 Å². The van der Waals surface area contributed by atoms with Crippen LogP contribution in [-0.4, -0.2) is 16.5 Å². The van der Waals surface area contributed by atoms with Crippen LogP contribution in [0, 0.1) is 11.8 Å². The Labute approximate surface area is 106 Å². The van der Waals surface area contributed by atoms with Gasteiger partial charge in [-0.05, 0) is 18.3 Å². The Kier molecular flexibility index (Phi) is 4.05. The van der Waals surface area contributed by atoms with Crippen LogP contribution in [0.2, 0.25) is 5.02 Å². The number of nitrogens with one attached hydrogen (secondary N) is 2. The first-order valence-electron chi connectivity index (χ1n) is 6.15. The fourth-order valence-electron chi connectivity index (χ4n) is 2.43. The summed E-state index contributed by atoms with van der Waals surface area (Å²) in [6.07, 6.45) is 6.55. The molecule has 2 N–H and O–H groups in total. The minimum Gasteiger partial charge on any atom is -0.368 e. The van der Waals surface area contributed by atoms with Crippen LogP contribution >= 0.6 is 11.6 Å². The summed E-state index contributed by atoms with van der Waals surface area (Å²) in [5.74, 6) is 1.88. The van der Waals surface area contributed by atoms with E-state index in [1.165, 1.54) is 32.0 Å². The second kappa shape index (κ2) is 5.54. The van der Waals surface area contributed by atoms with Crippen molar-refractivity contribution in [1.29, 1.82) is 0 Å². The summed E-state index contributed by atoms with van der Waals surface area (Å²) in [7, 11) is 0. The van der Waals surface area contributed by atoms with Crippen LogP contribution < -0.4 is 10.9 Å². The quantitative estimate of drug-likeness (QED) is 0.873. The number of aromatic nitrogens is 2. The van der Waals surface area contributed by atoms with E-state index in [1.54, 1.807) is 0 Å². The molecule has 0 aromatic carbocycles. The molecule has 0 radical (unpaired) electrons. The van der Waals surface area contributed by atoms with E-state index in [0.717, 1.165) is 12.5 Å². The highest BCUT2D eigenvalue weighted by Gasteiger charge is 2.21. The summed E-state index contributed by atoms with van der Waals surface area (Å²) in [6.45, 7) is 3.13. The first-order chi connectivity index (χ1) is 8.18. The van der Waals surface area contributed by atoms with E-state index in [-0.39, 0.29) is 10.6 Å². The summed E-state index contributed by atoms with van der Waals surface area (Å²) in [5.41, 5.74) is -0.291. The van der Waals surface area contributed by atoms with Crippen LogP contribution in [-0.2, 0) is 0 Å². The van der Waals surface area contributed by atoms with Crippen molar-refractivity contribution in [2.24, 2.45) is 11.8 Å². The highest BCUT2D eigenvalue weighted by atomic mass is 35.5. The number of H-pyrrole nitrogens is 1. The van der Waals surface area contributed by atoms with Gasteiger partial charge in [0.05, 0.1) is 6.33 Å². The molecule has 1 aliphatic carbocycles. The Hall–Kier alpha value is -1.03. The van der Waals surface area contributed by atoms with E-state index >= 15 is 0 Å². The van der Waals surface area contributed by atoms with Crippen LogP contribution in [0.4, 0.5) is 5.82 Å². The Bertz CT molecular complexity index is 432. The third-order valence-electron chi connectivity index (χ3n) is 3.62. The van der Waals surface area contributed by atoms with E-state index in [0.29, 0.717) is 11.7 Å². The molecule has 1 aromatic heterocycles. The molecule has 0 bridgehead atoms. The molecule has 1 fully saturated rings. The lowest BCUT2D eigenvalue weighted by Gasteiger charge is -2.28.